The average Bonchev–Trinajstić information content (AvgIpc) is 3.12. The summed E-state index contributed by atoms with van der Waals surface area (Å²) < 4.78 is 5.67. The minimum Gasteiger partial charge on any atom is -0.492 e. The third-order valence-corrected chi connectivity index (χ3v) is 6.33. The minimum atomic E-state index is -0.132. The minimum absolute atomic E-state index is 0.132. The average molecular weight is 420 g/mol. The van der Waals surface area contributed by atoms with E-state index in [9.17, 15) is 4.79 Å². The number of hydrogen-bond acceptors (Lipinski definition) is 5. The van der Waals surface area contributed by atoms with Gasteiger partial charge in [0.2, 0.25) is 0 Å². The van der Waals surface area contributed by atoms with Crippen LogP contribution in [0.3, 0.4) is 0 Å². The number of aliphatic imine (C=N–C) groups is 1. The summed E-state index contributed by atoms with van der Waals surface area (Å²) in [4.78, 5) is 23.5. The zero-order valence-corrected chi connectivity index (χ0v) is 18.0. The van der Waals surface area contributed by atoms with Gasteiger partial charge >= 0.3 is 0 Å². The summed E-state index contributed by atoms with van der Waals surface area (Å²) >= 11 is 1.63. The molecule has 0 saturated heterocycles. The zero-order chi connectivity index (χ0) is 20.9. The van der Waals surface area contributed by atoms with Gasteiger partial charge in [-0.15, -0.1) is 11.3 Å². The molecule has 30 heavy (non-hydrogen) atoms. The number of anilines is 1. The molecular formula is C24H25N3O2S. The first-order chi connectivity index (χ1) is 14.7. The highest BCUT2D eigenvalue weighted by molar-refractivity contribution is 7.16. The van der Waals surface area contributed by atoms with Crippen LogP contribution in [0.2, 0.25) is 0 Å². The topological polar surface area (TPSA) is 63.6 Å². The molecule has 0 bridgehead atoms. The fourth-order valence-corrected chi connectivity index (χ4v) is 5.03. The summed E-state index contributed by atoms with van der Waals surface area (Å²) in [5.41, 5.74) is 3.41. The quantitative estimate of drug-likeness (QED) is 0.524. The van der Waals surface area contributed by atoms with Crippen molar-refractivity contribution in [3.63, 3.8) is 0 Å². The molecule has 0 fully saturated rings. The SMILES string of the molecule is CCOc1ccccc1NC(=O)c1c(N=Cc2cccnc2)sc2c1CC[C@H](C)C2. The number of para-hydroxylation sites is 2. The predicted octanol–water partition coefficient (Wildman–Crippen LogP) is 5.67. The van der Waals surface area contributed by atoms with Crippen LogP contribution >= 0.6 is 11.3 Å². The van der Waals surface area contributed by atoms with Crippen LogP contribution in [0.1, 0.15) is 46.6 Å². The van der Waals surface area contributed by atoms with Gasteiger partial charge in [-0.2, -0.15) is 0 Å². The standard InChI is InChI=1S/C24H25N3O2S/c1-3-29-20-9-5-4-8-19(20)27-23(28)22-18-11-10-16(2)13-21(18)30-24(22)26-15-17-7-6-12-25-14-17/h4-9,12,14-16H,3,10-11,13H2,1-2H3,(H,27,28)/t16-/m0/s1. The summed E-state index contributed by atoms with van der Waals surface area (Å²) in [5, 5.41) is 3.81. The van der Waals surface area contributed by atoms with Crippen molar-refractivity contribution in [2.24, 2.45) is 10.9 Å². The molecule has 0 spiro atoms. The van der Waals surface area contributed by atoms with Crippen LogP contribution in [0.15, 0.2) is 53.8 Å². The van der Waals surface area contributed by atoms with Crippen LogP contribution in [0, 0.1) is 5.92 Å². The molecule has 2 heterocycles. The van der Waals surface area contributed by atoms with Crippen molar-refractivity contribution in [1.82, 2.24) is 4.98 Å². The van der Waals surface area contributed by atoms with Crippen molar-refractivity contribution >= 4 is 34.1 Å². The number of aromatic nitrogens is 1. The second kappa shape index (κ2) is 9.22. The lowest BCUT2D eigenvalue weighted by Crippen LogP contribution is -2.17. The van der Waals surface area contributed by atoms with Crippen molar-refractivity contribution in [1.29, 1.82) is 0 Å². The maximum Gasteiger partial charge on any atom is 0.259 e. The first kappa shape index (κ1) is 20.3. The molecule has 4 rings (SSSR count). The van der Waals surface area contributed by atoms with E-state index in [1.54, 1.807) is 29.9 Å². The Labute approximate surface area is 180 Å². The number of carbonyl (C=O) groups is 1. The highest BCUT2D eigenvalue weighted by Gasteiger charge is 2.27. The molecule has 3 aromatic rings. The number of amides is 1. The van der Waals surface area contributed by atoms with Crippen LogP contribution in [0.4, 0.5) is 10.7 Å². The maximum absolute atomic E-state index is 13.4. The number of benzene rings is 1. The van der Waals surface area contributed by atoms with Crippen LogP contribution in [0.5, 0.6) is 5.75 Å². The van der Waals surface area contributed by atoms with Gasteiger partial charge in [0.1, 0.15) is 10.8 Å². The molecule has 1 N–H and O–H groups in total. The van der Waals surface area contributed by atoms with E-state index in [1.165, 1.54) is 4.88 Å². The summed E-state index contributed by atoms with van der Waals surface area (Å²) in [6, 6.07) is 11.3. The second-order valence-electron chi connectivity index (χ2n) is 7.46. The van der Waals surface area contributed by atoms with Crippen LogP contribution in [-0.2, 0) is 12.8 Å². The van der Waals surface area contributed by atoms with Crippen molar-refractivity contribution in [3.8, 4) is 5.75 Å². The van der Waals surface area contributed by atoms with Gasteiger partial charge < -0.3 is 10.1 Å². The highest BCUT2D eigenvalue weighted by atomic mass is 32.1. The fourth-order valence-electron chi connectivity index (χ4n) is 3.68. The lowest BCUT2D eigenvalue weighted by Gasteiger charge is -2.19. The number of nitrogens with zero attached hydrogens (tertiary/aromatic N) is 2. The van der Waals surface area contributed by atoms with Gasteiger partial charge in [-0.1, -0.05) is 25.1 Å². The first-order valence-corrected chi connectivity index (χ1v) is 11.1. The van der Waals surface area contributed by atoms with Crippen LogP contribution in [-0.4, -0.2) is 23.7 Å². The van der Waals surface area contributed by atoms with Gasteiger partial charge in [-0.05, 0) is 55.9 Å². The van der Waals surface area contributed by atoms with Crippen LogP contribution < -0.4 is 10.1 Å². The number of fused-ring (bicyclic) bond motifs is 1. The van der Waals surface area contributed by atoms with E-state index >= 15 is 0 Å². The van der Waals surface area contributed by atoms with Gasteiger partial charge in [-0.25, -0.2) is 4.99 Å². The number of thiophene rings is 1. The van der Waals surface area contributed by atoms with E-state index in [2.05, 4.69) is 22.2 Å². The number of carbonyl (C=O) groups excluding carboxylic acids is 1. The number of nitrogens with one attached hydrogen (secondary N) is 1. The Hall–Kier alpha value is -2.99. The second-order valence-corrected chi connectivity index (χ2v) is 8.54. The number of pyridine rings is 1. The molecule has 5 nitrogen and oxygen atoms in total. The predicted molar refractivity (Wildman–Crippen MR) is 123 cm³/mol. The van der Waals surface area contributed by atoms with Crippen molar-refractivity contribution < 1.29 is 9.53 Å². The Bertz CT molecular complexity index is 1060. The van der Waals surface area contributed by atoms with Crippen molar-refractivity contribution in [3.05, 3.63) is 70.4 Å². The number of hydrogen-bond donors (Lipinski definition) is 1. The molecule has 0 aliphatic heterocycles. The van der Waals surface area contributed by atoms with Crippen molar-refractivity contribution in [2.75, 3.05) is 11.9 Å². The van der Waals surface area contributed by atoms with Gasteiger partial charge in [0.25, 0.3) is 5.91 Å². The molecule has 0 saturated carbocycles. The van der Waals surface area contributed by atoms with Gasteiger partial charge in [0.15, 0.2) is 0 Å². The Morgan fingerprint density at radius 1 is 1.33 bits per heavy atom. The normalized spacial score (nSPS) is 15.7. The third-order valence-electron chi connectivity index (χ3n) is 5.17. The number of ether oxygens (including phenoxy) is 1. The van der Waals surface area contributed by atoms with E-state index in [0.29, 0.717) is 29.5 Å². The van der Waals surface area contributed by atoms with E-state index in [0.717, 1.165) is 35.4 Å². The van der Waals surface area contributed by atoms with Gasteiger partial charge in [0.05, 0.1) is 17.9 Å². The Kier molecular flexibility index (Phi) is 6.23. The zero-order valence-electron chi connectivity index (χ0n) is 17.2. The van der Waals surface area contributed by atoms with Gasteiger partial charge in [-0.3, -0.25) is 9.78 Å². The molecule has 0 radical (unpaired) electrons. The molecule has 1 aliphatic rings. The maximum atomic E-state index is 13.4. The molecule has 1 aliphatic carbocycles. The summed E-state index contributed by atoms with van der Waals surface area (Å²) in [5.74, 6) is 1.17. The lowest BCUT2D eigenvalue weighted by molar-refractivity contribution is 0.102. The smallest absolute Gasteiger partial charge is 0.259 e. The van der Waals surface area contributed by atoms with E-state index in [1.807, 2.05) is 43.3 Å². The molecule has 2 aromatic heterocycles. The Balaban J connectivity index is 1.69. The Morgan fingerprint density at radius 2 is 2.20 bits per heavy atom. The van der Waals surface area contributed by atoms with Crippen molar-refractivity contribution in [2.45, 2.75) is 33.1 Å². The lowest BCUT2D eigenvalue weighted by atomic mass is 9.88. The molecule has 6 heteroatoms. The summed E-state index contributed by atoms with van der Waals surface area (Å²) in [6.07, 6.45) is 8.27. The number of rotatable bonds is 6. The molecule has 154 valence electrons. The van der Waals surface area contributed by atoms with Crippen LogP contribution in [0.25, 0.3) is 0 Å². The molecule has 1 amide bonds. The molecule has 1 aromatic carbocycles. The largest absolute Gasteiger partial charge is 0.492 e. The Morgan fingerprint density at radius 3 is 3.00 bits per heavy atom. The van der Waals surface area contributed by atoms with Gasteiger partial charge in [0, 0.05) is 29.0 Å². The highest BCUT2D eigenvalue weighted by Crippen LogP contribution is 2.41. The van der Waals surface area contributed by atoms with E-state index in [4.69, 9.17) is 4.74 Å². The fraction of sp³-hybridized carbons (Fsp3) is 0.292. The summed E-state index contributed by atoms with van der Waals surface area (Å²) in [6.45, 7) is 4.73. The van der Waals surface area contributed by atoms with E-state index in [-0.39, 0.29) is 5.91 Å². The van der Waals surface area contributed by atoms with E-state index < -0.39 is 0 Å². The summed E-state index contributed by atoms with van der Waals surface area (Å²) in [7, 11) is 0. The molecule has 1 atom stereocenters. The third kappa shape index (κ3) is 4.44. The molecular weight excluding hydrogens is 394 g/mol. The first-order valence-electron chi connectivity index (χ1n) is 10.3. The monoisotopic (exact) mass is 419 g/mol. The molecule has 0 unspecified atom stereocenters.